The van der Waals surface area contributed by atoms with Gasteiger partial charge in [0.25, 0.3) is 0 Å². The molecule has 1 aliphatic rings. The summed E-state index contributed by atoms with van der Waals surface area (Å²) in [6, 6.07) is 6.78. The Bertz CT molecular complexity index is 367. The van der Waals surface area contributed by atoms with E-state index in [9.17, 15) is 4.39 Å². The second kappa shape index (κ2) is 6.83. The first kappa shape index (κ1) is 13.5. The third-order valence-corrected chi connectivity index (χ3v) is 3.18. The van der Waals surface area contributed by atoms with Crippen molar-refractivity contribution in [2.45, 2.75) is 19.1 Å². The second-order valence-electron chi connectivity index (χ2n) is 4.85. The Kier molecular flexibility index (Phi) is 5.11. The summed E-state index contributed by atoms with van der Waals surface area (Å²) in [4.78, 5) is 2.20. The zero-order chi connectivity index (χ0) is 12.8. The lowest BCUT2D eigenvalue weighted by atomic mass is 10.2. The third kappa shape index (κ3) is 4.37. The van der Waals surface area contributed by atoms with Crippen LogP contribution in [0, 0.1) is 5.82 Å². The molecular weight excluding hydrogens is 231 g/mol. The van der Waals surface area contributed by atoms with Crippen LogP contribution in [0.4, 0.5) is 4.39 Å². The molecule has 4 heteroatoms. The molecule has 18 heavy (non-hydrogen) atoms. The summed E-state index contributed by atoms with van der Waals surface area (Å²) in [6.07, 6.45) is 1.33. The van der Waals surface area contributed by atoms with Crippen LogP contribution in [-0.2, 0) is 11.3 Å². The molecule has 0 radical (unpaired) electrons. The van der Waals surface area contributed by atoms with Crippen LogP contribution in [0.25, 0.3) is 0 Å². The smallest absolute Gasteiger partial charge is 0.123 e. The number of rotatable bonds is 5. The minimum Gasteiger partial charge on any atom is -0.376 e. The predicted octanol–water partition coefficient (Wildman–Crippen LogP) is 1.64. The van der Waals surface area contributed by atoms with Crippen LogP contribution >= 0.6 is 0 Å². The highest BCUT2D eigenvalue weighted by molar-refractivity contribution is 5.15. The minimum atomic E-state index is -0.166. The Labute approximate surface area is 108 Å². The molecule has 100 valence electrons. The normalized spacial score (nSPS) is 20.3. The molecule has 3 nitrogen and oxygen atoms in total. The van der Waals surface area contributed by atoms with Crippen LogP contribution < -0.4 is 5.32 Å². The maximum absolute atomic E-state index is 13.0. The number of nitrogens with one attached hydrogen (secondary N) is 1. The van der Waals surface area contributed by atoms with Crippen LogP contribution in [0.2, 0.25) is 0 Å². The number of benzene rings is 1. The summed E-state index contributed by atoms with van der Waals surface area (Å²) >= 11 is 0. The van der Waals surface area contributed by atoms with Crippen molar-refractivity contribution in [3.8, 4) is 0 Å². The highest BCUT2D eigenvalue weighted by Crippen LogP contribution is 2.08. The van der Waals surface area contributed by atoms with Gasteiger partial charge in [0.1, 0.15) is 5.82 Å². The van der Waals surface area contributed by atoms with E-state index in [0.717, 1.165) is 44.8 Å². The van der Waals surface area contributed by atoms with Crippen molar-refractivity contribution in [2.24, 2.45) is 0 Å². The van der Waals surface area contributed by atoms with E-state index in [1.54, 1.807) is 12.1 Å². The van der Waals surface area contributed by atoms with Crippen molar-refractivity contribution in [3.63, 3.8) is 0 Å². The fourth-order valence-electron chi connectivity index (χ4n) is 2.20. The first-order chi connectivity index (χ1) is 8.74. The standard InChI is InChI=1S/C14H21FN2O/c1-17(7-5-14-10-16-6-8-18-14)11-12-3-2-4-13(15)9-12/h2-4,9,14,16H,5-8,10-11H2,1H3. The molecule has 1 aromatic rings. The van der Waals surface area contributed by atoms with Gasteiger partial charge in [0, 0.05) is 26.2 Å². The van der Waals surface area contributed by atoms with Gasteiger partial charge >= 0.3 is 0 Å². The van der Waals surface area contributed by atoms with Gasteiger partial charge in [0.15, 0.2) is 0 Å². The number of hydrogen-bond acceptors (Lipinski definition) is 3. The molecule has 0 saturated carbocycles. The SMILES string of the molecule is CN(CCC1CNCCO1)Cc1cccc(F)c1. The predicted molar refractivity (Wildman–Crippen MR) is 70.0 cm³/mol. The van der Waals surface area contributed by atoms with Gasteiger partial charge < -0.3 is 15.0 Å². The Morgan fingerprint density at radius 1 is 1.50 bits per heavy atom. The lowest BCUT2D eigenvalue weighted by molar-refractivity contribution is 0.0184. The molecule has 1 aliphatic heterocycles. The van der Waals surface area contributed by atoms with Crippen molar-refractivity contribution in [2.75, 3.05) is 33.3 Å². The molecule has 1 saturated heterocycles. The van der Waals surface area contributed by atoms with E-state index in [2.05, 4.69) is 17.3 Å². The maximum Gasteiger partial charge on any atom is 0.123 e. The molecule has 0 aliphatic carbocycles. The number of ether oxygens (including phenoxy) is 1. The quantitative estimate of drug-likeness (QED) is 0.862. The maximum atomic E-state index is 13.0. The average molecular weight is 252 g/mol. The van der Waals surface area contributed by atoms with Gasteiger partial charge in [0.05, 0.1) is 12.7 Å². The molecule has 1 atom stereocenters. The first-order valence-electron chi connectivity index (χ1n) is 6.49. The summed E-state index contributed by atoms with van der Waals surface area (Å²) in [5.74, 6) is -0.166. The summed E-state index contributed by atoms with van der Waals surface area (Å²) in [5, 5.41) is 3.32. The van der Waals surface area contributed by atoms with Crippen molar-refractivity contribution in [1.29, 1.82) is 0 Å². The van der Waals surface area contributed by atoms with Crippen LogP contribution in [0.1, 0.15) is 12.0 Å². The molecule has 0 bridgehead atoms. The Morgan fingerprint density at radius 2 is 2.39 bits per heavy atom. The molecule has 0 amide bonds. The average Bonchev–Trinajstić information content (AvgIpc) is 2.38. The Hall–Kier alpha value is -0.970. The van der Waals surface area contributed by atoms with Crippen LogP contribution in [0.5, 0.6) is 0 Å². The van der Waals surface area contributed by atoms with Gasteiger partial charge in [-0.3, -0.25) is 0 Å². The van der Waals surface area contributed by atoms with Gasteiger partial charge in [-0.25, -0.2) is 4.39 Å². The molecule has 1 unspecified atom stereocenters. The van der Waals surface area contributed by atoms with E-state index in [-0.39, 0.29) is 5.82 Å². The molecular formula is C14H21FN2O. The number of hydrogen-bond donors (Lipinski definition) is 1. The number of nitrogens with zero attached hydrogens (tertiary/aromatic N) is 1. The lowest BCUT2D eigenvalue weighted by Crippen LogP contribution is -2.40. The molecule has 0 aromatic heterocycles. The van der Waals surface area contributed by atoms with Crippen LogP contribution in [-0.4, -0.2) is 44.3 Å². The molecule has 0 spiro atoms. The van der Waals surface area contributed by atoms with E-state index in [1.807, 2.05) is 6.07 Å². The van der Waals surface area contributed by atoms with Gasteiger partial charge in [-0.1, -0.05) is 12.1 Å². The van der Waals surface area contributed by atoms with Crippen molar-refractivity contribution in [1.82, 2.24) is 10.2 Å². The van der Waals surface area contributed by atoms with E-state index in [4.69, 9.17) is 4.74 Å². The lowest BCUT2D eigenvalue weighted by Gasteiger charge is -2.26. The fourth-order valence-corrected chi connectivity index (χ4v) is 2.20. The van der Waals surface area contributed by atoms with E-state index in [0.29, 0.717) is 6.10 Å². The van der Waals surface area contributed by atoms with E-state index >= 15 is 0 Å². The van der Waals surface area contributed by atoms with E-state index < -0.39 is 0 Å². The van der Waals surface area contributed by atoms with E-state index in [1.165, 1.54) is 6.07 Å². The molecule has 1 fully saturated rings. The summed E-state index contributed by atoms with van der Waals surface area (Å²) in [5.41, 5.74) is 1.01. The zero-order valence-corrected chi connectivity index (χ0v) is 10.9. The van der Waals surface area contributed by atoms with Gasteiger partial charge in [0.2, 0.25) is 0 Å². The third-order valence-electron chi connectivity index (χ3n) is 3.18. The highest BCUT2D eigenvalue weighted by Gasteiger charge is 2.13. The van der Waals surface area contributed by atoms with Gasteiger partial charge in [-0.15, -0.1) is 0 Å². The molecule has 1 N–H and O–H groups in total. The van der Waals surface area contributed by atoms with Crippen molar-refractivity contribution < 1.29 is 9.13 Å². The molecule has 2 rings (SSSR count). The van der Waals surface area contributed by atoms with Crippen LogP contribution in [0.15, 0.2) is 24.3 Å². The van der Waals surface area contributed by atoms with Crippen molar-refractivity contribution >= 4 is 0 Å². The van der Waals surface area contributed by atoms with Crippen LogP contribution in [0.3, 0.4) is 0 Å². The topological polar surface area (TPSA) is 24.5 Å². The van der Waals surface area contributed by atoms with Gasteiger partial charge in [-0.2, -0.15) is 0 Å². The summed E-state index contributed by atoms with van der Waals surface area (Å²) in [7, 11) is 2.06. The Balaban J connectivity index is 1.72. The monoisotopic (exact) mass is 252 g/mol. The highest BCUT2D eigenvalue weighted by atomic mass is 19.1. The number of morpholine rings is 1. The first-order valence-corrected chi connectivity index (χ1v) is 6.49. The minimum absolute atomic E-state index is 0.166. The largest absolute Gasteiger partial charge is 0.376 e. The zero-order valence-electron chi connectivity index (χ0n) is 10.9. The fraction of sp³-hybridized carbons (Fsp3) is 0.571. The summed E-state index contributed by atoms with van der Waals surface area (Å²) in [6.45, 7) is 4.43. The molecule has 1 aromatic carbocycles. The molecule has 1 heterocycles. The second-order valence-corrected chi connectivity index (χ2v) is 4.85. The summed E-state index contributed by atoms with van der Waals surface area (Å²) < 4.78 is 18.7. The van der Waals surface area contributed by atoms with Gasteiger partial charge in [-0.05, 0) is 31.2 Å². The number of halogens is 1. The van der Waals surface area contributed by atoms with Crippen molar-refractivity contribution in [3.05, 3.63) is 35.6 Å². The Morgan fingerprint density at radius 3 is 3.11 bits per heavy atom.